The van der Waals surface area contributed by atoms with Gasteiger partial charge in [0.15, 0.2) is 6.61 Å². The van der Waals surface area contributed by atoms with Gasteiger partial charge in [-0.25, -0.2) is 0 Å². The quantitative estimate of drug-likeness (QED) is 0.683. The summed E-state index contributed by atoms with van der Waals surface area (Å²) in [5.74, 6) is 0.822. The summed E-state index contributed by atoms with van der Waals surface area (Å²) in [5, 5.41) is 2.26. The molecule has 0 radical (unpaired) electrons. The van der Waals surface area contributed by atoms with Crippen LogP contribution in [0.5, 0.6) is 5.75 Å². The van der Waals surface area contributed by atoms with Crippen molar-refractivity contribution in [2.24, 2.45) is 0 Å². The van der Waals surface area contributed by atoms with Gasteiger partial charge in [-0.15, -0.1) is 0 Å². The number of rotatable bonds is 6. The summed E-state index contributed by atoms with van der Waals surface area (Å²) in [7, 11) is 0. The van der Waals surface area contributed by atoms with Crippen LogP contribution in [0.25, 0.3) is 10.8 Å². The summed E-state index contributed by atoms with van der Waals surface area (Å²) in [5.41, 5.74) is 0. The van der Waals surface area contributed by atoms with Crippen LogP contribution in [0.1, 0.15) is 12.8 Å². The van der Waals surface area contributed by atoms with E-state index in [1.807, 2.05) is 29.2 Å². The van der Waals surface area contributed by atoms with Crippen molar-refractivity contribution in [2.75, 3.05) is 59.0 Å². The number of ether oxygens (including phenoxy) is 1. The van der Waals surface area contributed by atoms with Gasteiger partial charge in [0.2, 0.25) is 0 Å². The number of likely N-dealkylation sites (tertiary alicyclic amines) is 1. The number of hydrogen-bond acceptors (Lipinski definition) is 4. The summed E-state index contributed by atoms with van der Waals surface area (Å²) in [6, 6.07) is 12.1. The van der Waals surface area contributed by atoms with Crippen molar-refractivity contribution < 1.29 is 9.53 Å². The first kappa shape index (κ1) is 19.7. The van der Waals surface area contributed by atoms with E-state index < -0.39 is 0 Å². The molecule has 0 unspecified atom stereocenters. The van der Waals surface area contributed by atoms with E-state index in [1.165, 1.54) is 25.9 Å². The average Bonchev–Trinajstić information content (AvgIpc) is 3.24. The molecule has 4 rings (SSSR count). The highest BCUT2D eigenvalue weighted by atomic mass is 79.9. The zero-order chi connectivity index (χ0) is 19.3. The molecular weight excluding hydrogens is 418 g/mol. The molecule has 0 aliphatic carbocycles. The summed E-state index contributed by atoms with van der Waals surface area (Å²) in [6.07, 6.45) is 2.69. The van der Waals surface area contributed by atoms with Gasteiger partial charge in [0.05, 0.1) is 0 Å². The molecule has 2 heterocycles. The zero-order valence-electron chi connectivity index (χ0n) is 16.3. The summed E-state index contributed by atoms with van der Waals surface area (Å²) in [6.45, 7) is 8.41. The first-order valence-electron chi connectivity index (χ1n) is 10.2. The second kappa shape index (κ2) is 9.25. The van der Waals surface area contributed by atoms with Gasteiger partial charge < -0.3 is 14.5 Å². The Morgan fingerprint density at radius 3 is 2.25 bits per heavy atom. The Kier molecular flexibility index (Phi) is 6.50. The van der Waals surface area contributed by atoms with Crippen molar-refractivity contribution >= 4 is 32.6 Å². The topological polar surface area (TPSA) is 36.0 Å². The zero-order valence-corrected chi connectivity index (χ0v) is 17.9. The molecular formula is C22H28BrN3O2. The Morgan fingerprint density at radius 2 is 1.50 bits per heavy atom. The number of halogens is 1. The third kappa shape index (κ3) is 5.04. The number of benzene rings is 2. The molecule has 0 atom stereocenters. The Morgan fingerprint density at radius 1 is 0.857 bits per heavy atom. The maximum Gasteiger partial charge on any atom is 0.260 e. The molecule has 0 saturated carbocycles. The van der Waals surface area contributed by atoms with Crippen molar-refractivity contribution in [1.82, 2.24) is 14.7 Å². The number of carbonyl (C=O) groups is 1. The third-order valence-corrected chi connectivity index (χ3v) is 6.29. The van der Waals surface area contributed by atoms with Gasteiger partial charge in [0.25, 0.3) is 5.91 Å². The Balaban J connectivity index is 1.21. The maximum atomic E-state index is 12.5. The minimum absolute atomic E-state index is 0.0788. The standard InChI is InChI=1S/C22H28BrN3O2/c23-20-5-3-19-16-21(6-4-18(19)15-20)28-17-22(27)26-13-11-25(12-14-26)10-9-24-7-1-2-8-24/h3-6,15-16H,1-2,7-14,17H2. The van der Waals surface area contributed by atoms with Crippen molar-refractivity contribution in [3.63, 3.8) is 0 Å². The van der Waals surface area contributed by atoms with Crippen LogP contribution >= 0.6 is 15.9 Å². The predicted octanol–water partition coefficient (Wildman–Crippen LogP) is 3.22. The fourth-order valence-corrected chi connectivity index (χ4v) is 4.41. The Hall–Kier alpha value is -1.63. The van der Waals surface area contributed by atoms with E-state index in [9.17, 15) is 4.79 Å². The lowest BCUT2D eigenvalue weighted by Gasteiger charge is -2.35. The maximum absolute atomic E-state index is 12.5. The molecule has 2 aliphatic rings. The van der Waals surface area contributed by atoms with Gasteiger partial charge in [0.1, 0.15) is 5.75 Å². The fraction of sp³-hybridized carbons (Fsp3) is 0.500. The minimum atomic E-state index is 0.0788. The average molecular weight is 446 g/mol. The number of carbonyl (C=O) groups excluding carboxylic acids is 1. The van der Waals surface area contributed by atoms with Crippen LogP contribution < -0.4 is 4.74 Å². The largest absolute Gasteiger partial charge is 0.484 e. The number of hydrogen-bond donors (Lipinski definition) is 0. The monoisotopic (exact) mass is 445 g/mol. The molecule has 28 heavy (non-hydrogen) atoms. The van der Waals surface area contributed by atoms with Crippen LogP contribution in [0.15, 0.2) is 40.9 Å². The van der Waals surface area contributed by atoms with E-state index in [4.69, 9.17) is 4.74 Å². The smallest absolute Gasteiger partial charge is 0.260 e. The van der Waals surface area contributed by atoms with Crippen LogP contribution in [0.4, 0.5) is 0 Å². The van der Waals surface area contributed by atoms with Crippen molar-refractivity contribution in [2.45, 2.75) is 12.8 Å². The number of piperazine rings is 1. The van der Waals surface area contributed by atoms with Gasteiger partial charge >= 0.3 is 0 Å². The molecule has 2 saturated heterocycles. The summed E-state index contributed by atoms with van der Waals surface area (Å²) < 4.78 is 6.84. The van der Waals surface area contributed by atoms with Gasteiger partial charge in [0, 0.05) is 43.7 Å². The van der Waals surface area contributed by atoms with Crippen LogP contribution in [-0.2, 0) is 4.79 Å². The first-order chi connectivity index (χ1) is 13.7. The molecule has 2 aromatic rings. The molecule has 150 valence electrons. The number of amides is 1. The Bertz CT molecular complexity index is 815. The van der Waals surface area contributed by atoms with Gasteiger partial charge in [-0.3, -0.25) is 9.69 Å². The lowest BCUT2D eigenvalue weighted by atomic mass is 10.1. The second-order valence-electron chi connectivity index (χ2n) is 7.71. The lowest BCUT2D eigenvalue weighted by molar-refractivity contribution is -0.135. The third-order valence-electron chi connectivity index (χ3n) is 5.79. The summed E-state index contributed by atoms with van der Waals surface area (Å²) in [4.78, 5) is 19.5. The molecule has 0 aromatic heterocycles. The molecule has 0 bridgehead atoms. The van der Waals surface area contributed by atoms with Crippen LogP contribution in [0, 0.1) is 0 Å². The predicted molar refractivity (Wildman–Crippen MR) is 116 cm³/mol. The fourth-order valence-electron chi connectivity index (χ4n) is 4.03. The van der Waals surface area contributed by atoms with E-state index in [0.29, 0.717) is 0 Å². The molecule has 1 amide bonds. The van der Waals surface area contributed by atoms with Gasteiger partial charge in [-0.2, -0.15) is 0 Å². The van der Waals surface area contributed by atoms with Crippen LogP contribution in [0.3, 0.4) is 0 Å². The Labute approximate surface area is 175 Å². The highest BCUT2D eigenvalue weighted by Crippen LogP contribution is 2.24. The van der Waals surface area contributed by atoms with Gasteiger partial charge in [-0.05, 0) is 61.0 Å². The van der Waals surface area contributed by atoms with Gasteiger partial charge in [-0.1, -0.05) is 28.1 Å². The molecule has 0 spiro atoms. The highest BCUT2D eigenvalue weighted by Gasteiger charge is 2.22. The van der Waals surface area contributed by atoms with Crippen molar-refractivity contribution in [3.05, 3.63) is 40.9 Å². The van der Waals surface area contributed by atoms with E-state index in [0.717, 1.165) is 60.3 Å². The molecule has 6 heteroatoms. The lowest BCUT2D eigenvalue weighted by Crippen LogP contribution is -2.51. The van der Waals surface area contributed by atoms with E-state index in [2.05, 4.69) is 37.9 Å². The SMILES string of the molecule is O=C(COc1ccc2cc(Br)ccc2c1)N1CCN(CCN2CCCC2)CC1. The second-order valence-corrected chi connectivity index (χ2v) is 8.63. The number of fused-ring (bicyclic) bond motifs is 1. The number of nitrogens with zero attached hydrogens (tertiary/aromatic N) is 3. The van der Waals surface area contributed by atoms with Crippen molar-refractivity contribution in [3.8, 4) is 5.75 Å². The summed E-state index contributed by atoms with van der Waals surface area (Å²) >= 11 is 3.49. The molecule has 2 aromatic carbocycles. The molecule has 5 nitrogen and oxygen atoms in total. The molecule has 2 fully saturated rings. The molecule has 2 aliphatic heterocycles. The van der Waals surface area contributed by atoms with E-state index >= 15 is 0 Å². The molecule has 0 N–H and O–H groups in total. The highest BCUT2D eigenvalue weighted by molar-refractivity contribution is 9.10. The van der Waals surface area contributed by atoms with E-state index in [-0.39, 0.29) is 12.5 Å². The van der Waals surface area contributed by atoms with E-state index in [1.54, 1.807) is 0 Å². The van der Waals surface area contributed by atoms with Crippen molar-refractivity contribution in [1.29, 1.82) is 0 Å². The normalized spacial score (nSPS) is 18.7. The van der Waals surface area contributed by atoms with Crippen LogP contribution in [-0.4, -0.2) is 79.6 Å². The van der Waals surface area contributed by atoms with Crippen LogP contribution in [0.2, 0.25) is 0 Å². The minimum Gasteiger partial charge on any atom is -0.484 e. The first-order valence-corrected chi connectivity index (χ1v) is 11.0.